The number of urea groups is 1. The van der Waals surface area contributed by atoms with Crippen LogP contribution in [0.2, 0.25) is 0 Å². The maximum atomic E-state index is 14.0. The van der Waals surface area contributed by atoms with E-state index in [2.05, 4.69) is 26.1 Å². The molecule has 49 heavy (non-hydrogen) atoms. The van der Waals surface area contributed by atoms with Gasteiger partial charge in [-0.25, -0.2) is 9.59 Å². The number of hydrogen-bond acceptors (Lipinski definition) is 8. The molecule has 0 unspecified atom stereocenters. The lowest BCUT2D eigenvalue weighted by molar-refractivity contribution is -0.151. The van der Waals surface area contributed by atoms with Crippen molar-refractivity contribution in [3.05, 3.63) is 58.1 Å². The highest BCUT2D eigenvalue weighted by Gasteiger charge is 2.39. The third kappa shape index (κ3) is 8.15. The summed E-state index contributed by atoms with van der Waals surface area (Å²) in [6.07, 6.45) is 4.77. The molecule has 12 nitrogen and oxygen atoms in total. The Morgan fingerprint density at radius 1 is 0.918 bits per heavy atom. The van der Waals surface area contributed by atoms with Crippen molar-refractivity contribution in [2.24, 2.45) is 0 Å². The van der Waals surface area contributed by atoms with Crippen LogP contribution in [0, 0.1) is 0 Å². The third-order valence-electron chi connectivity index (χ3n) is 10.5. The molecule has 4 amide bonds. The van der Waals surface area contributed by atoms with E-state index < -0.39 is 12.2 Å². The molecule has 0 radical (unpaired) electrons. The second-order valence-corrected chi connectivity index (χ2v) is 14.3. The van der Waals surface area contributed by atoms with Crippen molar-refractivity contribution in [2.75, 3.05) is 51.7 Å². The zero-order valence-corrected chi connectivity index (χ0v) is 29.6. The van der Waals surface area contributed by atoms with Crippen LogP contribution < -0.4 is 5.32 Å². The summed E-state index contributed by atoms with van der Waals surface area (Å²) in [7, 11) is 1.43. The van der Waals surface area contributed by atoms with Gasteiger partial charge < -0.3 is 34.6 Å². The van der Waals surface area contributed by atoms with Gasteiger partial charge in [-0.3, -0.25) is 14.5 Å². The molecule has 0 aromatic heterocycles. The van der Waals surface area contributed by atoms with E-state index in [9.17, 15) is 24.3 Å². The third-order valence-corrected chi connectivity index (χ3v) is 11.2. The molecule has 4 aliphatic heterocycles. The van der Waals surface area contributed by atoms with Gasteiger partial charge in [0.2, 0.25) is 0 Å². The van der Waals surface area contributed by atoms with Crippen LogP contribution >= 0.6 is 15.9 Å². The van der Waals surface area contributed by atoms with E-state index in [-0.39, 0.29) is 48.2 Å². The number of para-hydroxylation sites is 1. The molecule has 2 N–H and O–H groups in total. The second kappa shape index (κ2) is 15.8. The van der Waals surface area contributed by atoms with Gasteiger partial charge in [-0.2, -0.15) is 0 Å². The molecule has 13 heteroatoms. The molecule has 4 aliphatic rings. The average Bonchev–Trinajstić information content (AvgIpc) is 3.30. The number of hydrogen-bond donors (Lipinski definition) is 2. The first-order chi connectivity index (χ1) is 23.7. The predicted octanol–water partition coefficient (Wildman–Crippen LogP) is 4.78. The van der Waals surface area contributed by atoms with Gasteiger partial charge in [-0.15, -0.1) is 0 Å². The van der Waals surface area contributed by atoms with Crippen molar-refractivity contribution in [2.45, 2.75) is 82.0 Å². The molecule has 3 saturated heterocycles. The number of nitrogens with one attached hydrogen (secondary N) is 1. The highest BCUT2D eigenvalue weighted by Crippen LogP contribution is 2.29. The molecule has 4 heterocycles. The van der Waals surface area contributed by atoms with Gasteiger partial charge in [0.05, 0.1) is 11.6 Å². The first kappa shape index (κ1) is 35.0. The summed E-state index contributed by atoms with van der Waals surface area (Å²) in [5.74, 6) is -0.372. The maximum Gasteiger partial charge on any atom is 0.410 e. The fraction of sp³-hybridized carbons (Fsp3) is 0.556. The average molecular weight is 741 g/mol. The van der Waals surface area contributed by atoms with Gasteiger partial charge in [-0.05, 0) is 96.7 Å². The van der Waals surface area contributed by atoms with Crippen LogP contribution in [-0.2, 0) is 31.9 Å². The van der Waals surface area contributed by atoms with Crippen molar-refractivity contribution in [3.8, 4) is 5.75 Å². The number of esters is 1. The number of benzene rings is 2. The Kier molecular flexibility index (Phi) is 11.3. The number of methoxy groups -OCH3 is 1. The van der Waals surface area contributed by atoms with E-state index in [1.807, 2.05) is 29.2 Å². The second-order valence-electron chi connectivity index (χ2n) is 13.4. The van der Waals surface area contributed by atoms with E-state index in [1.165, 1.54) is 7.11 Å². The number of carbonyl (C=O) groups is 4. The largest absolute Gasteiger partial charge is 0.507 e. The molecule has 0 bridgehead atoms. The minimum absolute atomic E-state index is 0.00915. The van der Waals surface area contributed by atoms with Crippen molar-refractivity contribution in [1.29, 1.82) is 0 Å². The van der Waals surface area contributed by atoms with Crippen molar-refractivity contribution in [3.63, 3.8) is 0 Å². The maximum absolute atomic E-state index is 14.0. The molecule has 0 saturated carbocycles. The number of phenolic OH excluding ortho intramolecular Hbond substituents is 1. The molecule has 2 aromatic carbocycles. The summed E-state index contributed by atoms with van der Waals surface area (Å²) < 4.78 is 11.6. The lowest BCUT2D eigenvalue weighted by Gasteiger charge is -2.43. The quantitative estimate of drug-likeness (QED) is 0.389. The fourth-order valence-corrected chi connectivity index (χ4v) is 8.19. The molecule has 0 aliphatic carbocycles. The summed E-state index contributed by atoms with van der Waals surface area (Å²) in [6, 6.07) is 12.6. The number of amides is 4. The number of aromatic hydroxyl groups is 1. The van der Waals surface area contributed by atoms with E-state index in [4.69, 9.17) is 9.47 Å². The van der Waals surface area contributed by atoms with Crippen molar-refractivity contribution in [1.82, 2.24) is 19.6 Å². The molecule has 0 spiro atoms. The number of fused-ring (bicyclic) bond motifs is 1. The standard InChI is InChI=1S/C36H46BrN5O7/c1-48-34(45)30-8-4-5-16-41(30)26-12-17-39(18-13-26)33(44)32(23-24-9-10-31(43)28(37)22-24)49-36(47)40-19-14-27(15-20-40)42-21-11-25-6-2-3-7-29(25)38-35(42)46/h2-3,6-7,9-10,22,26-27,30,32,43H,4-5,8,11-21,23H2,1H3,(H,38,46)/t30-,32-/m1/s1. The number of piperidine rings is 3. The number of anilines is 1. The number of carbonyl (C=O) groups excluding carboxylic acids is 4. The summed E-state index contributed by atoms with van der Waals surface area (Å²) in [5.41, 5.74) is 2.69. The molecule has 6 rings (SSSR count). The van der Waals surface area contributed by atoms with E-state index in [0.717, 1.165) is 49.0 Å². The van der Waals surface area contributed by atoms with Gasteiger partial charge in [-0.1, -0.05) is 30.7 Å². The normalized spacial score (nSPS) is 21.7. The Balaban J connectivity index is 1.08. The summed E-state index contributed by atoms with van der Waals surface area (Å²) in [6.45, 7) is 3.25. The number of phenols is 1. The number of halogens is 1. The SMILES string of the molecule is COC(=O)[C@H]1CCCCN1C1CCN(C(=O)[C@@H](Cc2ccc(O)c(Br)c2)OC(=O)N2CCC(N3CCc4ccccc4NC3=O)CC2)CC1. The highest BCUT2D eigenvalue weighted by atomic mass is 79.9. The number of rotatable bonds is 7. The van der Waals surface area contributed by atoms with Crippen LogP contribution in [-0.4, -0.2) is 119 Å². The molecule has 2 atom stereocenters. The summed E-state index contributed by atoms with van der Waals surface area (Å²) >= 11 is 3.35. The van der Waals surface area contributed by atoms with E-state index in [0.29, 0.717) is 62.9 Å². The summed E-state index contributed by atoms with van der Waals surface area (Å²) in [4.78, 5) is 60.7. The van der Waals surface area contributed by atoms with Gasteiger partial charge in [0.15, 0.2) is 6.10 Å². The molecular weight excluding hydrogens is 694 g/mol. The minimum Gasteiger partial charge on any atom is -0.507 e. The summed E-state index contributed by atoms with van der Waals surface area (Å²) in [5, 5.41) is 13.1. The van der Waals surface area contributed by atoms with Crippen LogP contribution in [0.4, 0.5) is 15.3 Å². The first-order valence-corrected chi connectivity index (χ1v) is 18.2. The van der Waals surface area contributed by atoms with Gasteiger partial charge >= 0.3 is 18.1 Å². The highest BCUT2D eigenvalue weighted by molar-refractivity contribution is 9.10. The van der Waals surface area contributed by atoms with Crippen LogP contribution in [0.5, 0.6) is 5.75 Å². The van der Waals surface area contributed by atoms with Crippen molar-refractivity contribution >= 4 is 45.6 Å². The molecular formula is C36H46BrN5O7. The number of ether oxygens (including phenoxy) is 2. The van der Waals surface area contributed by atoms with Gasteiger partial charge in [0.1, 0.15) is 11.8 Å². The van der Waals surface area contributed by atoms with Gasteiger partial charge in [0.25, 0.3) is 5.91 Å². The lowest BCUT2D eigenvalue weighted by Crippen LogP contribution is -2.55. The Bertz CT molecular complexity index is 1520. The Morgan fingerprint density at radius 2 is 1.63 bits per heavy atom. The lowest BCUT2D eigenvalue weighted by atomic mass is 9.94. The zero-order chi connectivity index (χ0) is 34.5. The topological polar surface area (TPSA) is 132 Å². The molecule has 3 fully saturated rings. The zero-order valence-electron chi connectivity index (χ0n) is 28.0. The van der Waals surface area contributed by atoms with Crippen LogP contribution in [0.15, 0.2) is 46.9 Å². The first-order valence-electron chi connectivity index (χ1n) is 17.4. The van der Waals surface area contributed by atoms with Gasteiger partial charge in [0, 0.05) is 56.9 Å². The van der Waals surface area contributed by atoms with Crippen LogP contribution in [0.25, 0.3) is 0 Å². The number of nitrogens with zero attached hydrogens (tertiary/aromatic N) is 4. The van der Waals surface area contributed by atoms with Crippen molar-refractivity contribution < 1.29 is 33.8 Å². The smallest absolute Gasteiger partial charge is 0.410 e. The Labute approximate surface area is 295 Å². The van der Waals surface area contributed by atoms with Crippen LogP contribution in [0.3, 0.4) is 0 Å². The molecule has 2 aromatic rings. The molecule has 264 valence electrons. The van der Waals surface area contributed by atoms with E-state index >= 15 is 0 Å². The predicted molar refractivity (Wildman–Crippen MR) is 186 cm³/mol. The van der Waals surface area contributed by atoms with Crippen LogP contribution in [0.1, 0.15) is 56.1 Å². The minimum atomic E-state index is -1.05. The van der Waals surface area contributed by atoms with E-state index in [1.54, 1.807) is 28.0 Å². The Hall–Kier alpha value is -3.84. The number of likely N-dealkylation sites (tertiary alicyclic amines) is 3. The monoisotopic (exact) mass is 739 g/mol. The Morgan fingerprint density at radius 3 is 2.37 bits per heavy atom. The fourth-order valence-electron chi connectivity index (χ4n) is 7.77.